The average molecular weight is 506 g/mol. The molecule has 4 rings (SSSR count). The maximum absolute atomic E-state index is 4.69. The molecule has 2 heterocycles. The zero-order chi connectivity index (χ0) is 16.2. The van der Waals surface area contributed by atoms with Gasteiger partial charge in [-0.3, -0.25) is 4.98 Å². The van der Waals surface area contributed by atoms with E-state index in [9.17, 15) is 0 Å². The Balaban J connectivity index is 0.00000182. The normalized spacial score (nSPS) is 14.7. The Labute approximate surface area is 163 Å². The van der Waals surface area contributed by atoms with Crippen LogP contribution in [0.5, 0.6) is 0 Å². The SMILES string of the molecule is [Ir].[c-]1cc(-c2ccc(C3CCCCC3)cn2)ccc1-c1ccccn1. The third-order valence-corrected chi connectivity index (χ3v) is 4.91. The van der Waals surface area contributed by atoms with Crippen molar-refractivity contribution in [1.82, 2.24) is 9.97 Å². The van der Waals surface area contributed by atoms with E-state index in [2.05, 4.69) is 41.5 Å². The largest absolute Gasteiger partial charge is 0.305 e. The summed E-state index contributed by atoms with van der Waals surface area (Å²) in [6, 6.07) is 19.8. The number of benzene rings is 1. The van der Waals surface area contributed by atoms with Crippen LogP contribution in [-0.2, 0) is 20.1 Å². The molecular weight excluding hydrogens is 484 g/mol. The molecule has 1 fully saturated rings. The topological polar surface area (TPSA) is 25.8 Å². The van der Waals surface area contributed by atoms with E-state index in [1.807, 2.05) is 30.5 Å². The molecule has 0 spiro atoms. The van der Waals surface area contributed by atoms with Gasteiger partial charge < -0.3 is 4.98 Å². The van der Waals surface area contributed by atoms with Crippen molar-refractivity contribution in [3.05, 3.63) is 72.6 Å². The third kappa shape index (κ3) is 4.23. The molecule has 1 radical (unpaired) electrons. The molecule has 2 aromatic heterocycles. The van der Waals surface area contributed by atoms with Gasteiger partial charge in [-0.25, -0.2) is 0 Å². The van der Waals surface area contributed by atoms with Crippen LogP contribution in [0.3, 0.4) is 0 Å². The summed E-state index contributed by atoms with van der Waals surface area (Å²) in [6.07, 6.45) is 10.6. The van der Waals surface area contributed by atoms with E-state index in [0.29, 0.717) is 5.92 Å². The monoisotopic (exact) mass is 506 g/mol. The molecule has 129 valence electrons. The molecule has 3 aromatic rings. The number of hydrogen-bond acceptors (Lipinski definition) is 2. The first-order valence-corrected chi connectivity index (χ1v) is 8.79. The Morgan fingerprint density at radius 3 is 2.36 bits per heavy atom. The first kappa shape index (κ1) is 18.0. The van der Waals surface area contributed by atoms with E-state index in [0.717, 1.165) is 22.5 Å². The Hall–Kier alpha value is -1.83. The molecule has 0 saturated heterocycles. The van der Waals surface area contributed by atoms with Gasteiger partial charge in [0.1, 0.15) is 0 Å². The summed E-state index contributed by atoms with van der Waals surface area (Å²) >= 11 is 0. The Kier molecular flexibility index (Phi) is 6.12. The van der Waals surface area contributed by atoms with Crippen molar-refractivity contribution >= 4 is 0 Å². The van der Waals surface area contributed by atoms with Gasteiger partial charge in [0.2, 0.25) is 0 Å². The zero-order valence-electron chi connectivity index (χ0n) is 14.1. The van der Waals surface area contributed by atoms with Crippen LogP contribution in [0.1, 0.15) is 43.6 Å². The molecule has 0 unspecified atom stereocenters. The molecule has 25 heavy (non-hydrogen) atoms. The summed E-state index contributed by atoms with van der Waals surface area (Å²) in [5.41, 5.74) is 5.47. The van der Waals surface area contributed by atoms with Gasteiger partial charge in [-0.1, -0.05) is 43.0 Å². The molecular formula is C22H21IrN2-. The van der Waals surface area contributed by atoms with Gasteiger partial charge in [0.15, 0.2) is 0 Å². The number of rotatable bonds is 3. The van der Waals surface area contributed by atoms with Gasteiger partial charge in [0.05, 0.1) is 0 Å². The van der Waals surface area contributed by atoms with Crippen LogP contribution in [0, 0.1) is 6.07 Å². The van der Waals surface area contributed by atoms with Crippen molar-refractivity contribution in [2.75, 3.05) is 0 Å². The second kappa shape index (κ2) is 8.51. The molecule has 0 atom stereocenters. The first-order valence-electron chi connectivity index (χ1n) is 8.79. The molecule has 0 aliphatic heterocycles. The van der Waals surface area contributed by atoms with Crippen molar-refractivity contribution in [3.63, 3.8) is 0 Å². The van der Waals surface area contributed by atoms with Crippen LogP contribution in [0.15, 0.2) is 60.9 Å². The van der Waals surface area contributed by atoms with Gasteiger partial charge in [-0.15, -0.1) is 29.8 Å². The number of hydrogen-bond donors (Lipinski definition) is 0. The van der Waals surface area contributed by atoms with Crippen LogP contribution in [-0.4, -0.2) is 9.97 Å². The van der Waals surface area contributed by atoms with Crippen LogP contribution >= 0.6 is 0 Å². The van der Waals surface area contributed by atoms with E-state index in [1.165, 1.54) is 37.7 Å². The number of nitrogens with zero attached hydrogens (tertiary/aromatic N) is 2. The Morgan fingerprint density at radius 2 is 1.72 bits per heavy atom. The van der Waals surface area contributed by atoms with Crippen molar-refractivity contribution in [1.29, 1.82) is 0 Å². The summed E-state index contributed by atoms with van der Waals surface area (Å²) in [4.78, 5) is 9.06. The molecule has 1 aliphatic carbocycles. The molecule has 0 bridgehead atoms. The van der Waals surface area contributed by atoms with Crippen molar-refractivity contribution in [2.45, 2.75) is 38.0 Å². The summed E-state index contributed by atoms with van der Waals surface area (Å²) in [5, 5.41) is 0. The van der Waals surface area contributed by atoms with E-state index in [4.69, 9.17) is 4.98 Å². The van der Waals surface area contributed by atoms with Crippen LogP contribution in [0.4, 0.5) is 0 Å². The molecule has 1 saturated carbocycles. The fourth-order valence-corrected chi connectivity index (χ4v) is 3.52. The van der Waals surface area contributed by atoms with E-state index >= 15 is 0 Å². The van der Waals surface area contributed by atoms with Gasteiger partial charge >= 0.3 is 0 Å². The summed E-state index contributed by atoms with van der Waals surface area (Å²) in [5.74, 6) is 0.707. The van der Waals surface area contributed by atoms with E-state index in [1.54, 1.807) is 0 Å². The molecule has 1 aromatic carbocycles. The Morgan fingerprint density at radius 1 is 0.840 bits per heavy atom. The van der Waals surface area contributed by atoms with Gasteiger partial charge in [-0.2, -0.15) is 0 Å². The maximum Gasteiger partial charge on any atom is 0.0300 e. The van der Waals surface area contributed by atoms with Gasteiger partial charge in [0.25, 0.3) is 0 Å². The predicted octanol–water partition coefficient (Wildman–Crippen LogP) is 5.66. The second-order valence-electron chi connectivity index (χ2n) is 6.52. The van der Waals surface area contributed by atoms with E-state index in [-0.39, 0.29) is 20.1 Å². The quantitative estimate of drug-likeness (QED) is 0.430. The molecule has 0 amide bonds. The van der Waals surface area contributed by atoms with E-state index < -0.39 is 0 Å². The van der Waals surface area contributed by atoms with Gasteiger partial charge in [-0.05, 0) is 42.1 Å². The minimum absolute atomic E-state index is 0. The standard InChI is InChI=1S/C22H21N2.Ir/c1-2-6-17(7-3-1)20-13-14-22(24-16-20)19-11-9-18(10-12-19)21-8-4-5-15-23-21;/h4-5,8-9,11-17H,1-3,6-7H2;/q-1;. The van der Waals surface area contributed by atoms with Crippen LogP contribution in [0.2, 0.25) is 0 Å². The number of pyridine rings is 2. The summed E-state index contributed by atoms with van der Waals surface area (Å²) in [6.45, 7) is 0. The fourth-order valence-electron chi connectivity index (χ4n) is 3.52. The third-order valence-electron chi connectivity index (χ3n) is 4.91. The second-order valence-corrected chi connectivity index (χ2v) is 6.52. The average Bonchev–Trinajstić information content (AvgIpc) is 2.70. The molecule has 2 nitrogen and oxygen atoms in total. The van der Waals surface area contributed by atoms with Crippen molar-refractivity contribution in [3.8, 4) is 22.5 Å². The number of aromatic nitrogens is 2. The molecule has 3 heteroatoms. The minimum atomic E-state index is 0. The fraction of sp³-hybridized carbons (Fsp3) is 0.273. The summed E-state index contributed by atoms with van der Waals surface area (Å²) < 4.78 is 0. The molecule has 1 aliphatic rings. The van der Waals surface area contributed by atoms with Gasteiger partial charge in [0, 0.05) is 38.2 Å². The minimum Gasteiger partial charge on any atom is -0.305 e. The van der Waals surface area contributed by atoms with Crippen LogP contribution in [0.25, 0.3) is 22.5 Å². The summed E-state index contributed by atoms with van der Waals surface area (Å²) in [7, 11) is 0. The van der Waals surface area contributed by atoms with Crippen LogP contribution < -0.4 is 0 Å². The predicted molar refractivity (Wildman–Crippen MR) is 97.6 cm³/mol. The Bertz CT molecular complexity index is 777. The first-order chi connectivity index (χ1) is 11.9. The van der Waals surface area contributed by atoms with Crippen molar-refractivity contribution < 1.29 is 20.1 Å². The van der Waals surface area contributed by atoms with Crippen molar-refractivity contribution in [2.24, 2.45) is 0 Å². The smallest absolute Gasteiger partial charge is 0.0300 e. The molecule has 0 N–H and O–H groups in total. The zero-order valence-corrected chi connectivity index (χ0v) is 16.5. The maximum atomic E-state index is 4.69.